The molecule has 2 aromatic carbocycles. The zero-order chi connectivity index (χ0) is 14.1. The van der Waals surface area contributed by atoms with Crippen molar-refractivity contribution in [1.29, 1.82) is 0 Å². The molecule has 1 amide bonds. The van der Waals surface area contributed by atoms with Crippen LogP contribution in [0.2, 0.25) is 5.02 Å². The molecule has 0 fully saturated rings. The zero-order valence-corrected chi connectivity index (χ0v) is 11.4. The van der Waals surface area contributed by atoms with E-state index in [1.807, 2.05) is 36.4 Å². The van der Waals surface area contributed by atoms with Crippen molar-refractivity contribution in [3.05, 3.63) is 58.6 Å². The van der Waals surface area contributed by atoms with Gasteiger partial charge in [-0.1, -0.05) is 29.8 Å². The zero-order valence-electron chi connectivity index (χ0n) is 10.7. The van der Waals surface area contributed by atoms with Crippen LogP contribution in [0.4, 0.5) is 11.4 Å². The minimum atomic E-state index is -0.166. The Hall–Kier alpha value is -2.04. The molecular formula is C15H14ClN3O. The van der Waals surface area contributed by atoms with Crippen LogP contribution in [-0.2, 0) is 4.79 Å². The van der Waals surface area contributed by atoms with Crippen molar-refractivity contribution in [2.75, 3.05) is 17.6 Å². The number of halogens is 1. The standard InChI is InChI=1S/C15H14ClN3O/c16-12-4-2-1-3-10(12)15-11-7-9(17)5-6-13(11)19-14(20)8-18-15/h1-7,15,18H,8,17H2,(H,19,20). The lowest BCUT2D eigenvalue weighted by atomic mass is 9.97. The lowest BCUT2D eigenvalue weighted by molar-refractivity contribution is -0.115. The number of rotatable bonds is 1. The highest BCUT2D eigenvalue weighted by Gasteiger charge is 2.24. The van der Waals surface area contributed by atoms with E-state index in [1.165, 1.54) is 0 Å². The number of nitrogens with one attached hydrogen (secondary N) is 2. The molecule has 102 valence electrons. The van der Waals surface area contributed by atoms with Gasteiger partial charge in [0, 0.05) is 16.4 Å². The van der Waals surface area contributed by atoms with Crippen LogP contribution >= 0.6 is 11.6 Å². The van der Waals surface area contributed by atoms with E-state index < -0.39 is 0 Å². The summed E-state index contributed by atoms with van der Waals surface area (Å²) in [5, 5.41) is 6.75. The summed E-state index contributed by atoms with van der Waals surface area (Å²) in [7, 11) is 0. The van der Waals surface area contributed by atoms with Gasteiger partial charge in [0.25, 0.3) is 0 Å². The molecule has 4 N–H and O–H groups in total. The second-order valence-corrected chi connectivity index (χ2v) is 5.14. The van der Waals surface area contributed by atoms with Crippen molar-refractivity contribution < 1.29 is 4.79 Å². The van der Waals surface area contributed by atoms with E-state index in [2.05, 4.69) is 10.6 Å². The highest BCUT2D eigenvalue weighted by Crippen LogP contribution is 2.34. The molecule has 4 nitrogen and oxygen atoms in total. The lowest BCUT2D eigenvalue weighted by Crippen LogP contribution is -2.27. The molecule has 5 heteroatoms. The van der Waals surface area contributed by atoms with Gasteiger partial charge in [-0.3, -0.25) is 10.1 Å². The summed E-state index contributed by atoms with van der Waals surface area (Å²) in [4.78, 5) is 11.8. The molecule has 0 saturated heterocycles. The molecule has 1 atom stereocenters. The van der Waals surface area contributed by atoms with Gasteiger partial charge in [0.1, 0.15) is 0 Å². The molecule has 1 heterocycles. The summed E-state index contributed by atoms with van der Waals surface area (Å²) in [5.74, 6) is -0.0782. The monoisotopic (exact) mass is 287 g/mol. The van der Waals surface area contributed by atoms with Crippen molar-refractivity contribution >= 4 is 28.9 Å². The fraction of sp³-hybridized carbons (Fsp3) is 0.133. The summed E-state index contributed by atoms with van der Waals surface area (Å²) in [6.45, 7) is 0.227. The van der Waals surface area contributed by atoms with Gasteiger partial charge in [-0.15, -0.1) is 0 Å². The molecular weight excluding hydrogens is 274 g/mol. The van der Waals surface area contributed by atoms with Crippen LogP contribution in [0.1, 0.15) is 17.2 Å². The van der Waals surface area contributed by atoms with E-state index in [1.54, 1.807) is 6.07 Å². The number of anilines is 2. The molecule has 0 bridgehead atoms. The van der Waals surface area contributed by atoms with Crippen molar-refractivity contribution in [2.24, 2.45) is 0 Å². The number of hydrogen-bond donors (Lipinski definition) is 3. The van der Waals surface area contributed by atoms with Crippen LogP contribution in [0.25, 0.3) is 0 Å². The predicted octanol–water partition coefficient (Wildman–Crippen LogP) is 2.55. The molecule has 2 aromatic rings. The minimum absolute atomic E-state index is 0.0782. The van der Waals surface area contributed by atoms with Crippen LogP contribution in [0.15, 0.2) is 42.5 Å². The first-order chi connectivity index (χ1) is 9.65. The Balaban J connectivity index is 2.15. The van der Waals surface area contributed by atoms with E-state index in [0.29, 0.717) is 10.7 Å². The first-order valence-electron chi connectivity index (χ1n) is 6.32. The summed E-state index contributed by atoms with van der Waals surface area (Å²) >= 11 is 6.28. The van der Waals surface area contributed by atoms with Gasteiger partial charge in [0.2, 0.25) is 5.91 Å². The van der Waals surface area contributed by atoms with Crippen LogP contribution < -0.4 is 16.4 Å². The fourth-order valence-electron chi connectivity index (χ4n) is 2.42. The highest BCUT2D eigenvalue weighted by atomic mass is 35.5. The SMILES string of the molecule is Nc1ccc2c(c1)C(c1ccccc1Cl)NCC(=O)N2. The summed E-state index contributed by atoms with van der Waals surface area (Å²) < 4.78 is 0. The third kappa shape index (κ3) is 2.35. The number of benzene rings is 2. The van der Waals surface area contributed by atoms with Crippen LogP contribution in [0.5, 0.6) is 0 Å². The molecule has 0 saturated carbocycles. The average molecular weight is 288 g/mol. The predicted molar refractivity (Wildman–Crippen MR) is 80.8 cm³/mol. The second kappa shape index (κ2) is 5.15. The number of amides is 1. The number of carbonyl (C=O) groups excluding carboxylic acids is 1. The molecule has 0 spiro atoms. The van der Waals surface area contributed by atoms with Crippen molar-refractivity contribution in [3.8, 4) is 0 Å². The van der Waals surface area contributed by atoms with E-state index in [-0.39, 0.29) is 18.5 Å². The number of nitrogen functional groups attached to an aromatic ring is 1. The Morgan fingerprint density at radius 1 is 1.15 bits per heavy atom. The van der Waals surface area contributed by atoms with E-state index >= 15 is 0 Å². The van der Waals surface area contributed by atoms with Gasteiger partial charge in [-0.2, -0.15) is 0 Å². The third-order valence-electron chi connectivity index (χ3n) is 3.34. The average Bonchev–Trinajstić information content (AvgIpc) is 2.58. The molecule has 3 rings (SSSR count). The Labute approximate surface area is 121 Å². The van der Waals surface area contributed by atoms with Gasteiger partial charge in [-0.25, -0.2) is 0 Å². The van der Waals surface area contributed by atoms with Crippen molar-refractivity contribution in [1.82, 2.24) is 5.32 Å². The molecule has 0 aliphatic carbocycles. The Kier molecular flexibility index (Phi) is 3.34. The van der Waals surface area contributed by atoms with Gasteiger partial charge in [0.15, 0.2) is 0 Å². The van der Waals surface area contributed by atoms with E-state index in [4.69, 9.17) is 17.3 Å². The number of carbonyl (C=O) groups is 1. The maximum atomic E-state index is 11.8. The molecule has 20 heavy (non-hydrogen) atoms. The smallest absolute Gasteiger partial charge is 0.238 e. The number of fused-ring (bicyclic) bond motifs is 1. The van der Waals surface area contributed by atoms with Crippen molar-refractivity contribution in [2.45, 2.75) is 6.04 Å². The quantitative estimate of drug-likeness (QED) is 0.706. The molecule has 0 radical (unpaired) electrons. The maximum Gasteiger partial charge on any atom is 0.238 e. The van der Waals surface area contributed by atoms with Crippen molar-refractivity contribution in [3.63, 3.8) is 0 Å². The van der Waals surface area contributed by atoms with Crippen LogP contribution in [-0.4, -0.2) is 12.5 Å². The summed E-state index contributed by atoms with van der Waals surface area (Å²) in [6, 6.07) is 12.9. The summed E-state index contributed by atoms with van der Waals surface area (Å²) in [5.41, 5.74) is 9.14. The number of nitrogens with two attached hydrogens (primary N) is 1. The topological polar surface area (TPSA) is 67.1 Å². The van der Waals surface area contributed by atoms with Gasteiger partial charge >= 0.3 is 0 Å². The Morgan fingerprint density at radius 2 is 1.95 bits per heavy atom. The van der Waals surface area contributed by atoms with Gasteiger partial charge in [0.05, 0.1) is 12.6 Å². The Morgan fingerprint density at radius 3 is 2.75 bits per heavy atom. The maximum absolute atomic E-state index is 11.8. The molecule has 0 aromatic heterocycles. The van der Waals surface area contributed by atoms with E-state index in [9.17, 15) is 4.79 Å². The third-order valence-corrected chi connectivity index (χ3v) is 3.69. The fourth-order valence-corrected chi connectivity index (χ4v) is 2.66. The first-order valence-corrected chi connectivity index (χ1v) is 6.70. The van der Waals surface area contributed by atoms with E-state index in [0.717, 1.165) is 16.8 Å². The minimum Gasteiger partial charge on any atom is -0.399 e. The summed E-state index contributed by atoms with van der Waals surface area (Å²) in [6.07, 6.45) is 0. The van der Waals surface area contributed by atoms with Gasteiger partial charge in [-0.05, 0) is 35.4 Å². The molecule has 1 unspecified atom stereocenters. The highest BCUT2D eigenvalue weighted by molar-refractivity contribution is 6.31. The Bertz CT molecular complexity index is 672. The first kappa shape index (κ1) is 13.0. The van der Waals surface area contributed by atoms with Crippen LogP contribution in [0.3, 0.4) is 0 Å². The normalized spacial score (nSPS) is 18.1. The molecule has 1 aliphatic heterocycles. The van der Waals surface area contributed by atoms with Gasteiger partial charge < -0.3 is 11.1 Å². The van der Waals surface area contributed by atoms with Crippen LogP contribution in [0, 0.1) is 0 Å². The number of hydrogen-bond acceptors (Lipinski definition) is 3. The lowest BCUT2D eigenvalue weighted by Gasteiger charge is -2.20. The second-order valence-electron chi connectivity index (χ2n) is 4.73. The largest absolute Gasteiger partial charge is 0.399 e. The molecule has 1 aliphatic rings.